The number of thioether (sulfide) groups is 1. The Morgan fingerprint density at radius 3 is 2.63 bits per heavy atom. The van der Waals surface area contributed by atoms with Crippen LogP contribution in [-0.4, -0.2) is 35.1 Å². The van der Waals surface area contributed by atoms with Gasteiger partial charge >= 0.3 is 0 Å². The summed E-state index contributed by atoms with van der Waals surface area (Å²) in [5, 5.41) is 8.54. The Hall–Kier alpha value is -2.80. The van der Waals surface area contributed by atoms with Crippen LogP contribution in [0.1, 0.15) is 27.4 Å². The van der Waals surface area contributed by atoms with E-state index in [9.17, 15) is 4.79 Å². The number of carbonyl (C=O) groups is 1. The first-order valence-corrected chi connectivity index (χ1v) is 9.45. The van der Waals surface area contributed by atoms with Crippen LogP contribution in [-0.2, 0) is 12.4 Å². The second-order valence-electron chi connectivity index (χ2n) is 6.25. The van der Waals surface area contributed by atoms with Gasteiger partial charge in [0.1, 0.15) is 5.75 Å². The van der Waals surface area contributed by atoms with E-state index in [2.05, 4.69) is 10.2 Å². The van der Waals surface area contributed by atoms with Crippen molar-refractivity contribution in [2.45, 2.75) is 24.5 Å². The van der Waals surface area contributed by atoms with Crippen LogP contribution < -0.4 is 4.74 Å². The van der Waals surface area contributed by atoms with Gasteiger partial charge in [-0.15, -0.1) is 10.2 Å². The van der Waals surface area contributed by atoms with E-state index in [1.54, 1.807) is 19.0 Å². The van der Waals surface area contributed by atoms with E-state index in [0.29, 0.717) is 22.4 Å². The van der Waals surface area contributed by atoms with Crippen LogP contribution in [0.15, 0.2) is 58.2 Å². The van der Waals surface area contributed by atoms with Crippen LogP contribution in [0.2, 0.25) is 0 Å². The van der Waals surface area contributed by atoms with Crippen molar-refractivity contribution in [3.8, 4) is 5.75 Å². The van der Waals surface area contributed by atoms with Gasteiger partial charge in [0, 0.05) is 25.4 Å². The smallest absolute Gasteiger partial charge is 0.277 e. The van der Waals surface area contributed by atoms with Crippen molar-refractivity contribution < 1.29 is 13.9 Å². The fourth-order valence-corrected chi connectivity index (χ4v) is 3.09. The van der Waals surface area contributed by atoms with Crippen molar-refractivity contribution in [3.63, 3.8) is 0 Å². The molecule has 0 fully saturated rings. The van der Waals surface area contributed by atoms with E-state index in [1.807, 2.05) is 55.5 Å². The Kier molecular flexibility index (Phi) is 6.13. The Morgan fingerprint density at radius 1 is 1.15 bits per heavy atom. The third kappa shape index (κ3) is 5.34. The normalized spacial score (nSPS) is 10.6. The van der Waals surface area contributed by atoms with Crippen LogP contribution in [0.3, 0.4) is 0 Å². The summed E-state index contributed by atoms with van der Waals surface area (Å²) in [6, 6.07) is 15.3. The highest BCUT2D eigenvalue weighted by molar-refractivity contribution is 7.98. The molecule has 6 nitrogen and oxygen atoms in total. The molecule has 0 unspecified atom stereocenters. The predicted molar refractivity (Wildman–Crippen MR) is 104 cm³/mol. The molecule has 0 radical (unpaired) electrons. The molecule has 0 aliphatic carbocycles. The SMILES string of the molecule is Cc1cccc(OCc2nnc(SCc3ccc(C(=O)N(C)C)cc3)o2)c1. The lowest BCUT2D eigenvalue weighted by molar-refractivity contribution is 0.0827. The van der Waals surface area contributed by atoms with Crippen LogP contribution >= 0.6 is 11.8 Å². The molecule has 0 N–H and O–H groups in total. The van der Waals surface area contributed by atoms with E-state index in [4.69, 9.17) is 9.15 Å². The van der Waals surface area contributed by atoms with Gasteiger partial charge in [0.05, 0.1) is 0 Å². The van der Waals surface area contributed by atoms with Gasteiger partial charge in [0.2, 0.25) is 0 Å². The van der Waals surface area contributed by atoms with Crippen LogP contribution in [0, 0.1) is 6.92 Å². The average molecular weight is 383 g/mol. The lowest BCUT2D eigenvalue weighted by atomic mass is 10.1. The first-order valence-electron chi connectivity index (χ1n) is 8.46. The lowest BCUT2D eigenvalue weighted by Crippen LogP contribution is -2.21. The number of hydrogen-bond donors (Lipinski definition) is 0. The second kappa shape index (κ2) is 8.73. The van der Waals surface area contributed by atoms with Gasteiger partial charge in [-0.3, -0.25) is 4.79 Å². The zero-order valence-electron chi connectivity index (χ0n) is 15.5. The fraction of sp³-hybridized carbons (Fsp3) is 0.250. The van der Waals surface area contributed by atoms with Gasteiger partial charge < -0.3 is 14.1 Å². The number of nitrogens with zero attached hydrogens (tertiary/aromatic N) is 3. The van der Waals surface area contributed by atoms with Crippen molar-refractivity contribution in [2.75, 3.05) is 14.1 Å². The van der Waals surface area contributed by atoms with Gasteiger partial charge in [0.25, 0.3) is 17.0 Å². The third-order valence-corrected chi connectivity index (χ3v) is 4.66. The maximum absolute atomic E-state index is 11.9. The number of aromatic nitrogens is 2. The molecular weight excluding hydrogens is 362 g/mol. The van der Waals surface area contributed by atoms with E-state index < -0.39 is 0 Å². The maximum Gasteiger partial charge on any atom is 0.277 e. The standard InChI is InChI=1S/C20H21N3O3S/c1-14-5-4-6-17(11-14)25-12-18-21-22-20(26-18)27-13-15-7-9-16(10-8-15)19(24)23(2)3/h4-11H,12-13H2,1-3H3. The number of carbonyl (C=O) groups excluding carboxylic acids is 1. The first kappa shape index (κ1) is 19.0. The second-order valence-corrected chi connectivity index (χ2v) is 7.18. The molecule has 1 amide bonds. The summed E-state index contributed by atoms with van der Waals surface area (Å²) in [5.74, 6) is 1.88. The molecule has 7 heteroatoms. The number of rotatable bonds is 7. The minimum atomic E-state index is -0.00986. The van der Waals surface area contributed by atoms with Crippen LogP contribution in [0.4, 0.5) is 0 Å². The van der Waals surface area contributed by atoms with Gasteiger partial charge in [-0.25, -0.2) is 0 Å². The summed E-state index contributed by atoms with van der Waals surface area (Å²) < 4.78 is 11.3. The van der Waals surface area contributed by atoms with Crippen LogP contribution in [0.5, 0.6) is 5.75 Å². The molecule has 0 spiro atoms. The maximum atomic E-state index is 11.9. The molecule has 3 aromatic rings. The van der Waals surface area contributed by atoms with E-state index in [1.165, 1.54) is 11.8 Å². The van der Waals surface area contributed by atoms with E-state index in [-0.39, 0.29) is 12.5 Å². The number of aryl methyl sites for hydroxylation is 1. The number of amides is 1. The summed E-state index contributed by atoms with van der Waals surface area (Å²) in [5.41, 5.74) is 2.88. The number of benzene rings is 2. The Morgan fingerprint density at radius 2 is 1.93 bits per heavy atom. The van der Waals surface area contributed by atoms with Gasteiger partial charge in [-0.2, -0.15) is 0 Å². The highest BCUT2D eigenvalue weighted by Crippen LogP contribution is 2.22. The minimum Gasteiger partial charge on any atom is -0.484 e. The average Bonchev–Trinajstić information content (AvgIpc) is 3.12. The van der Waals surface area contributed by atoms with Crippen molar-refractivity contribution in [3.05, 3.63) is 71.1 Å². The minimum absolute atomic E-state index is 0.00986. The van der Waals surface area contributed by atoms with Crippen molar-refractivity contribution in [1.29, 1.82) is 0 Å². The molecule has 1 aromatic heterocycles. The zero-order chi connectivity index (χ0) is 19.2. The number of hydrogen-bond acceptors (Lipinski definition) is 6. The molecule has 140 valence electrons. The summed E-state index contributed by atoms with van der Waals surface area (Å²) in [4.78, 5) is 13.5. The fourth-order valence-electron chi connectivity index (χ4n) is 2.35. The zero-order valence-corrected chi connectivity index (χ0v) is 16.3. The molecule has 0 atom stereocenters. The van der Waals surface area contributed by atoms with E-state index in [0.717, 1.165) is 16.9 Å². The molecule has 0 aliphatic heterocycles. The Balaban J connectivity index is 1.51. The van der Waals surface area contributed by atoms with Gasteiger partial charge in [0.15, 0.2) is 6.61 Å². The molecule has 0 bridgehead atoms. The molecule has 1 heterocycles. The largest absolute Gasteiger partial charge is 0.484 e. The topological polar surface area (TPSA) is 68.5 Å². The van der Waals surface area contributed by atoms with E-state index >= 15 is 0 Å². The molecule has 0 aliphatic rings. The molecule has 2 aromatic carbocycles. The summed E-state index contributed by atoms with van der Waals surface area (Å²) in [6.45, 7) is 2.25. The summed E-state index contributed by atoms with van der Waals surface area (Å²) >= 11 is 1.45. The first-order chi connectivity index (χ1) is 13.0. The van der Waals surface area contributed by atoms with Gasteiger partial charge in [-0.1, -0.05) is 36.0 Å². The third-order valence-electron chi connectivity index (χ3n) is 3.77. The molecule has 27 heavy (non-hydrogen) atoms. The predicted octanol–water partition coefficient (Wildman–Crippen LogP) is 3.95. The summed E-state index contributed by atoms with van der Waals surface area (Å²) in [7, 11) is 3.48. The Labute approximate surface area is 162 Å². The van der Waals surface area contributed by atoms with Crippen molar-refractivity contribution >= 4 is 17.7 Å². The van der Waals surface area contributed by atoms with Gasteiger partial charge in [-0.05, 0) is 42.3 Å². The lowest BCUT2D eigenvalue weighted by Gasteiger charge is -2.10. The van der Waals surface area contributed by atoms with Crippen LogP contribution in [0.25, 0.3) is 0 Å². The summed E-state index contributed by atoms with van der Waals surface area (Å²) in [6.07, 6.45) is 0. The Bertz CT molecular complexity index is 907. The highest BCUT2D eigenvalue weighted by Gasteiger charge is 2.10. The monoisotopic (exact) mass is 383 g/mol. The number of ether oxygens (including phenoxy) is 1. The molecular formula is C20H21N3O3S. The molecule has 0 saturated heterocycles. The molecule has 3 rings (SSSR count). The quantitative estimate of drug-likeness (QED) is 0.576. The highest BCUT2D eigenvalue weighted by atomic mass is 32.2. The van der Waals surface area contributed by atoms with Crippen molar-refractivity contribution in [1.82, 2.24) is 15.1 Å². The molecule has 0 saturated carbocycles. The van der Waals surface area contributed by atoms with Crippen molar-refractivity contribution in [2.24, 2.45) is 0 Å².